The van der Waals surface area contributed by atoms with E-state index in [1.807, 2.05) is 54.6 Å². The molecule has 0 spiro atoms. The van der Waals surface area contributed by atoms with Crippen LogP contribution in [0.5, 0.6) is 0 Å². The Bertz CT molecular complexity index is 1030. The van der Waals surface area contributed by atoms with Crippen molar-refractivity contribution in [2.24, 2.45) is 0 Å². The lowest BCUT2D eigenvalue weighted by atomic mass is 10.1. The molecule has 1 N–H and O–H groups in total. The van der Waals surface area contributed by atoms with E-state index in [4.69, 9.17) is 4.42 Å². The summed E-state index contributed by atoms with van der Waals surface area (Å²) < 4.78 is 5.41. The summed E-state index contributed by atoms with van der Waals surface area (Å²) >= 11 is 0. The van der Waals surface area contributed by atoms with Crippen molar-refractivity contribution in [2.75, 3.05) is 0 Å². The minimum atomic E-state index is -0.222. The molecule has 1 amide bonds. The van der Waals surface area contributed by atoms with Gasteiger partial charge in [-0.2, -0.15) is 0 Å². The predicted molar refractivity (Wildman–Crippen MR) is 94.9 cm³/mol. The van der Waals surface area contributed by atoms with E-state index in [9.17, 15) is 4.79 Å². The molecule has 0 unspecified atom stereocenters. The van der Waals surface area contributed by atoms with Crippen LogP contribution in [-0.2, 0) is 6.54 Å². The van der Waals surface area contributed by atoms with E-state index in [1.54, 1.807) is 18.5 Å². The number of pyridine rings is 2. The molecule has 0 saturated heterocycles. The number of furan rings is 1. The van der Waals surface area contributed by atoms with E-state index in [1.165, 1.54) is 0 Å². The van der Waals surface area contributed by atoms with Crippen LogP contribution in [-0.4, -0.2) is 15.9 Å². The Hall–Kier alpha value is -3.47. The summed E-state index contributed by atoms with van der Waals surface area (Å²) in [5.74, 6) is 0.452. The largest absolute Gasteiger partial charge is 0.463 e. The molecule has 3 aromatic heterocycles. The van der Waals surface area contributed by atoms with Crippen molar-refractivity contribution in [3.05, 3.63) is 84.4 Å². The fourth-order valence-corrected chi connectivity index (χ4v) is 2.67. The van der Waals surface area contributed by atoms with E-state index in [-0.39, 0.29) is 5.91 Å². The zero-order chi connectivity index (χ0) is 17.1. The van der Waals surface area contributed by atoms with Gasteiger partial charge < -0.3 is 9.73 Å². The lowest BCUT2D eigenvalue weighted by Gasteiger charge is -2.08. The van der Waals surface area contributed by atoms with Crippen LogP contribution in [0, 0.1) is 0 Å². The molecule has 1 aromatic carbocycles. The Morgan fingerprint density at radius 3 is 2.80 bits per heavy atom. The second-order valence-corrected chi connectivity index (χ2v) is 5.56. The van der Waals surface area contributed by atoms with Crippen molar-refractivity contribution >= 4 is 16.8 Å². The molecule has 4 aromatic rings. The van der Waals surface area contributed by atoms with Gasteiger partial charge in [0.25, 0.3) is 5.91 Å². The maximum atomic E-state index is 12.4. The van der Waals surface area contributed by atoms with E-state index in [2.05, 4.69) is 15.3 Å². The number of rotatable bonds is 4. The number of aromatic nitrogens is 2. The molecule has 0 atom stereocenters. The highest BCUT2D eigenvalue weighted by molar-refractivity contribution is 5.94. The molecule has 0 bridgehead atoms. The molecule has 0 fully saturated rings. The third kappa shape index (κ3) is 3.12. The summed E-state index contributed by atoms with van der Waals surface area (Å²) in [7, 11) is 0. The van der Waals surface area contributed by atoms with Crippen LogP contribution >= 0.6 is 0 Å². The number of nitrogens with one attached hydrogen (secondary N) is 1. The van der Waals surface area contributed by atoms with Crippen molar-refractivity contribution < 1.29 is 9.21 Å². The van der Waals surface area contributed by atoms with Gasteiger partial charge in [-0.15, -0.1) is 0 Å². The van der Waals surface area contributed by atoms with Crippen molar-refractivity contribution in [1.82, 2.24) is 15.3 Å². The minimum absolute atomic E-state index is 0.222. The second kappa shape index (κ2) is 6.57. The molecule has 0 radical (unpaired) electrons. The standard InChI is InChI=1S/C20H15N3O2/c24-20(17-10-9-14-5-1-2-7-16(14)23-17)22-13-15-6-3-11-21-19(15)18-8-4-12-25-18/h1-12H,13H2,(H,22,24). The van der Waals surface area contributed by atoms with Crippen LogP contribution < -0.4 is 5.32 Å². The molecule has 0 saturated carbocycles. The van der Waals surface area contributed by atoms with Gasteiger partial charge in [-0.25, -0.2) is 4.98 Å². The molecule has 0 aliphatic heterocycles. The van der Waals surface area contributed by atoms with Gasteiger partial charge in [0.05, 0.1) is 11.8 Å². The van der Waals surface area contributed by atoms with Gasteiger partial charge in [-0.05, 0) is 30.3 Å². The van der Waals surface area contributed by atoms with Gasteiger partial charge in [0.2, 0.25) is 0 Å². The first-order valence-electron chi connectivity index (χ1n) is 7.93. The molecular weight excluding hydrogens is 314 g/mol. The topological polar surface area (TPSA) is 68.0 Å². The Morgan fingerprint density at radius 2 is 1.92 bits per heavy atom. The average molecular weight is 329 g/mol. The van der Waals surface area contributed by atoms with Gasteiger partial charge in [0.1, 0.15) is 11.4 Å². The molecule has 3 heterocycles. The van der Waals surface area contributed by atoms with Crippen molar-refractivity contribution in [1.29, 1.82) is 0 Å². The van der Waals surface area contributed by atoms with Crippen LogP contribution in [0.2, 0.25) is 0 Å². The van der Waals surface area contributed by atoms with Gasteiger partial charge >= 0.3 is 0 Å². The van der Waals surface area contributed by atoms with Crippen molar-refractivity contribution in [3.63, 3.8) is 0 Å². The molecule has 0 aliphatic carbocycles. The smallest absolute Gasteiger partial charge is 0.270 e. The van der Waals surface area contributed by atoms with Crippen LogP contribution in [0.3, 0.4) is 0 Å². The first-order chi connectivity index (χ1) is 12.3. The minimum Gasteiger partial charge on any atom is -0.463 e. The molecule has 5 nitrogen and oxygen atoms in total. The Morgan fingerprint density at radius 1 is 1.00 bits per heavy atom. The number of fused-ring (bicyclic) bond motifs is 1. The number of carbonyl (C=O) groups excluding carboxylic acids is 1. The van der Waals surface area contributed by atoms with Crippen LogP contribution in [0.25, 0.3) is 22.4 Å². The maximum Gasteiger partial charge on any atom is 0.270 e. The first kappa shape index (κ1) is 15.1. The number of amides is 1. The molecule has 122 valence electrons. The average Bonchev–Trinajstić information content (AvgIpc) is 3.20. The van der Waals surface area contributed by atoms with Gasteiger partial charge in [0, 0.05) is 23.7 Å². The summed E-state index contributed by atoms with van der Waals surface area (Å²) in [4.78, 5) is 21.2. The first-order valence-corrected chi connectivity index (χ1v) is 7.93. The Kier molecular flexibility index (Phi) is 3.96. The number of benzene rings is 1. The van der Waals surface area contributed by atoms with E-state index in [0.29, 0.717) is 18.0 Å². The second-order valence-electron chi connectivity index (χ2n) is 5.56. The zero-order valence-electron chi connectivity index (χ0n) is 13.3. The predicted octanol–water partition coefficient (Wildman–Crippen LogP) is 3.82. The van der Waals surface area contributed by atoms with Crippen LogP contribution in [0.4, 0.5) is 0 Å². The number of nitrogens with zero attached hydrogens (tertiary/aromatic N) is 2. The summed E-state index contributed by atoms with van der Waals surface area (Å²) in [5.41, 5.74) is 2.79. The maximum absolute atomic E-state index is 12.4. The highest BCUT2D eigenvalue weighted by atomic mass is 16.3. The highest BCUT2D eigenvalue weighted by Gasteiger charge is 2.12. The van der Waals surface area contributed by atoms with Gasteiger partial charge in [-0.1, -0.05) is 30.3 Å². The van der Waals surface area contributed by atoms with E-state index < -0.39 is 0 Å². The normalized spacial score (nSPS) is 10.7. The number of hydrogen-bond donors (Lipinski definition) is 1. The molecule has 0 aliphatic rings. The molecule has 4 rings (SSSR count). The number of hydrogen-bond acceptors (Lipinski definition) is 4. The molecule has 5 heteroatoms. The third-order valence-corrected chi connectivity index (χ3v) is 3.92. The summed E-state index contributed by atoms with van der Waals surface area (Å²) in [6, 6.07) is 18.7. The fourth-order valence-electron chi connectivity index (χ4n) is 2.67. The lowest BCUT2D eigenvalue weighted by Crippen LogP contribution is -2.24. The lowest BCUT2D eigenvalue weighted by molar-refractivity contribution is 0.0946. The Balaban J connectivity index is 1.54. The Labute approximate surface area is 144 Å². The summed E-state index contributed by atoms with van der Waals surface area (Å²) in [5, 5.41) is 3.91. The third-order valence-electron chi connectivity index (χ3n) is 3.92. The van der Waals surface area contributed by atoms with Crippen LogP contribution in [0.1, 0.15) is 16.1 Å². The van der Waals surface area contributed by atoms with Gasteiger partial charge in [0.15, 0.2) is 5.76 Å². The molecule has 25 heavy (non-hydrogen) atoms. The summed E-state index contributed by atoms with van der Waals surface area (Å²) in [6.45, 7) is 0.344. The van der Waals surface area contributed by atoms with Crippen LogP contribution in [0.15, 0.2) is 77.5 Å². The molecular formula is C20H15N3O2. The fraction of sp³-hybridized carbons (Fsp3) is 0.0500. The monoisotopic (exact) mass is 329 g/mol. The van der Waals surface area contributed by atoms with Crippen molar-refractivity contribution in [3.8, 4) is 11.5 Å². The van der Waals surface area contributed by atoms with Gasteiger partial charge in [-0.3, -0.25) is 9.78 Å². The van der Waals surface area contributed by atoms with Crippen molar-refractivity contribution in [2.45, 2.75) is 6.54 Å². The van der Waals surface area contributed by atoms with E-state index >= 15 is 0 Å². The number of para-hydroxylation sites is 1. The zero-order valence-corrected chi connectivity index (χ0v) is 13.3. The summed E-state index contributed by atoms with van der Waals surface area (Å²) in [6.07, 6.45) is 3.30. The highest BCUT2D eigenvalue weighted by Crippen LogP contribution is 2.21. The SMILES string of the molecule is O=C(NCc1cccnc1-c1ccco1)c1ccc2ccccc2n1. The number of carbonyl (C=O) groups is 1. The van der Waals surface area contributed by atoms with E-state index in [0.717, 1.165) is 22.2 Å². The quantitative estimate of drug-likeness (QED) is 0.618.